The van der Waals surface area contributed by atoms with E-state index in [1.54, 1.807) is 14.2 Å². The summed E-state index contributed by atoms with van der Waals surface area (Å²) in [6, 6.07) is 15.5. The fourth-order valence-corrected chi connectivity index (χ4v) is 3.64. The van der Waals surface area contributed by atoms with Crippen molar-refractivity contribution >= 4 is 27.7 Å². The maximum Gasteiger partial charge on any atom is 0.269 e. The summed E-state index contributed by atoms with van der Waals surface area (Å²) in [5, 5.41) is 4.95. The Morgan fingerprint density at radius 2 is 1.81 bits per heavy atom. The molecule has 2 aromatic carbocycles. The van der Waals surface area contributed by atoms with Crippen molar-refractivity contribution in [3.05, 3.63) is 54.2 Å². The van der Waals surface area contributed by atoms with Gasteiger partial charge in [-0.05, 0) is 44.4 Å². The zero-order chi connectivity index (χ0) is 22.0. The van der Waals surface area contributed by atoms with Crippen LogP contribution in [-0.2, 0) is 0 Å². The highest BCUT2D eigenvalue weighted by Crippen LogP contribution is 2.36. The minimum atomic E-state index is -0.198. The van der Waals surface area contributed by atoms with Crippen LogP contribution in [0.3, 0.4) is 0 Å². The first kappa shape index (κ1) is 20.7. The van der Waals surface area contributed by atoms with Crippen LogP contribution in [0.1, 0.15) is 10.5 Å². The number of nitrogens with zero attached hydrogens (tertiary/aromatic N) is 2. The first-order chi connectivity index (χ1) is 15.0. The van der Waals surface area contributed by atoms with Gasteiger partial charge in [-0.3, -0.25) is 4.79 Å². The van der Waals surface area contributed by atoms with E-state index in [-0.39, 0.29) is 5.91 Å². The molecule has 0 atom stereocenters. The minimum Gasteiger partial charge on any atom is -0.493 e. The van der Waals surface area contributed by atoms with Crippen LogP contribution in [0.15, 0.2) is 48.5 Å². The summed E-state index contributed by atoms with van der Waals surface area (Å²) in [6.45, 7) is 1.30. The number of rotatable bonds is 7. The van der Waals surface area contributed by atoms with Gasteiger partial charge in [0.05, 0.1) is 25.4 Å². The third-order valence-corrected chi connectivity index (χ3v) is 5.23. The van der Waals surface area contributed by atoms with Crippen molar-refractivity contribution < 1.29 is 14.3 Å². The second kappa shape index (κ2) is 8.65. The van der Waals surface area contributed by atoms with Gasteiger partial charge in [0.15, 0.2) is 11.5 Å². The van der Waals surface area contributed by atoms with E-state index in [9.17, 15) is 4.79 Å². The van der Waals surface area contributed by atoms with Crippen LogP contribution in [0.4, 0.5) is 0 Å². The molecule has 2 N–H and O–H groups in total. The van der Waals surface area contributed by atoms with Crippen molar-refractivity contribution in [3.63, 3.8) is 0 Å². The van der Waals surface area contributed by atoms with Gasteiger partial charge in [-0.25, -0.2) is 4.98 Å². The molecular weight excluding hydrogens is 392 g/mol. The van der Waals surface area contributed by atoms with E-state index in [1.165, 1.54) is 0 Å². The highest BCUT2D eigenvalue weighted by atomic mass is 16.5. The molecule has 0 saturated carbocycles. The molecule has 0 aliphatic heterocycles. The summed E-state index contributed by atoms with van der Waals surface area (Å²) in [6.07, 6.45) is 0. The lowest BCUT2D eigenvalue weighted by Gasteiger charge is -2.12. The summed E-state index contributed by atoms with van der Waals surface area (Å²) in [5.41, 5.74) is 3.76. The lowest BCUT2D eigenvalue weighted by molar-refractivity contribution is 0.0946. The molecule has 4 rings (SSSR count). The number of carbonyl (C=O) groups is 1. The topological polar surface area (TPSA) is 79.5 Å². The molecule has 0 unspecified atom stereocenters. The summed E-state index contributed by atoms with van der Waals surface area (Å²) in [4.78, 5) is 23.1. The van der Waals surface area contributed by atoms with Gasteiger partial charge < -0.3 is 24.7 Å². The van der Waals surface area contributed by atoms with Crippen LogP contribution in [0.2, 0.25) is 0 Å². The SMILES string of the molecule is COc1ccc(-c2nc(C(=O)NCCN(C)C)cc3c2[nH]c2ccccc23)cc1OC. The van der Waals surface area contributed by atoms with Crippen molar-refractivity contribution in [3.8, 4) is 22.8 Å². The molecule has 0 aliphatic carbocycles. The van der Waals surface area contributed by atoms with Gasteiger partial charge in [0.2, 0.25) is 0 Å². The molecule has 0 radical (unpaired) electrons. The normalized spacial score (nSPS) is 11.3. The Balaban J connectivity index is 1.88. The molecule has 2 heterocycles. The highest BCUT2D eigenvalue weighted by molar-refractivity contribution is 6.13. The van der Waals surface area contributed by atoms with Crippen molar-refractivity contribution in [2.75, 3.05) is 41.4 Å². The number of nitrogens with one attached hydrogen (secondary N) is 2. The number of hydrogen-bond acceptors (Lipinski definition) is 5. The molecule has 160 valence electrons. The molecule has 0 saturated heterocycles. The maximum absolute atomic E-state index is 12.9. The van der Waals surface area contributed by atoms with E-state index in [2.05, 4.69) is 10.3 Å². The Morgan fingerprint density at radius 1 is 1.03 bits per heavy atom. The molecule has 0 aliphatic rings. The number of aromatic nitrogens is 2. The number of carbonyl (C=O) groups excluding carboxylic acids is 1. The van der Waals surface area contributed by atoms with Gasteiger partial charge in [0.1, 0.15) is 5.69 Å². The van der Waals surface area contributed by atoms with Crippen molar-refractivity contribution in [1.82, 2.24) is 20.2 Å². The van der Waals surface area contributed by atoms with E-state index >= 15 is 0 Å². The van der Waals surface area contributed by atoms with Gasteiger partial charge in [-0.15, -0.1) is 0 Å². The molecule has 0 bridgehead atoms. The predicted molar refractivity (Wildman–Crippen MR) is 123 cm³/mol. The molecule has 31 heavy (non-hydrogen) atoms. The highest BCUT2D eigenvalue weighted by Gasteiger charge is 2.18. The largest absolute Gasteiger partial charge is 0.493 e. The lowest BCUT2D eigenvalue weighted by atomic mass is 10.1. The molecule has 0 spiro atoms. The maximum atomic E-state index is 12.9. The Kier molecular flexibility index (Phi) is 5.77. The van der Waals surface area contributed by atoms with Crippen LogP contribution in [0, 0.1) is 0 Å². The van der Waals surface area contributed by atoms with E-state index in [1.807, 2.05) is 67.5 Å². The molecular formula is C24H26N4O3. The Morgan fingerprint density at radius 3 is 2.55 bits per heavy atom. The second-order valence-corrected chi connectivity index (χ2v) is 7.58. The van der Waals surface area contributed by atoms with E-state index in [0.29, 0.717) is 29.4 Å². The summed E-state index contributed by atoms with van der Waals surface area (Å²) in [7, 11) is 7.14. The van der Waals surface area contributed by atoms with Gasteiger partial charge in [0.25, 0.3) is 5.91 Å². The first-order valence-electron chi connectivity index (χ1n) is 10.1. The number of likely N-dealkylation sites (N-methyl/N-ethyl adjacent to an activating group) is 1. The zero-order valence-electron chi connectivity index (χ0n) is 18.2. The number of amides is 1. The van der Waals surface area contributed by atoms with Crippen LogP contribution in [0.25, 0.3) is 33.1 Å². The number of ether oxygens (including phenoxy) is 2. The summed E-state index contributed by atoms with van der Waals surface area (Å²) in [5.74, 6) is 1.04. The number of benzene rings is 2. The molecule has 1 amide bonds. The van der Waals surface area contributed by atoms with Crippen LogP contribution in [0.5, 0.6) is 11.5 Å². The second-order valence-electron chi connectivity index (χ2n) is 7.58. The molecule has 2 aromatic heterocycles. The number of hydrogen-bond donors (Lipinski definition) is 2. The van der Waals surface area contributed by atoms with Gasteiger partial charge >= 0.3 is 0 Å². The Labute approximate surface area is 181 Å². The van der Waals surface area contributed by atoms with Gasteiger partial charge in [0, 0.05) is 34.9 Å². The fraction of sp³-hybridized carbons (Fsp3) is 0.250. The van der Waals surface area contributed by atoms with E-state index < -0.39 is 0 Å². The molecule has 0 fully saturated rings. The minimum absolute atomic E-state index is 0.198. The number of methoxy groups -OCH3 is 2. The smallest absolute Gasteiger partial charge is 0.269 e. The third kappa shape index (κ3) is 4.04. The fourth-order valence-electron chi connectivity index (χ4n) is 3.64. The molecule has 7 heteroatoms. The van der Waals surface area contributed by atoms with E-state index in [0.717, 1.165) is 33.9 Å². The van der Waals surface area contributed by atoms with Crippen LogP contribution >= 0.6 is 0 Å². The number of H-pyrrole nitrogens is 1. The zero-order valence-corrected chi connectivity index (χ0v) is 18.2. The number of para-hydroxylation sites is 1. The van der Waals surface area contributed by atoms with E-state index in [4.69, 9.17) is 14.5 Å². The number of pyridine rings is 1. The number of aromatic amines is 1. The average molecular weight is 418 g/mol. The number of fused-ring (bicyclic) bond motifs is 3. The van der Waals surface area contributed by atoms with Crippen molar-refractivity contribution in [2.24, 2.45) is 0 Å². The summed E-state index contributed by atoms with van der Waals surface area (Å²) < 4.78 is 10.8. The van der Waals surface area contributed by atoms with Crippen LogP contribution in [-0.4, -0.2) is 62.2 Å². The summed E-state index contributed by atoms with van der Waals surface area (Å²) >= 11 is 0. The molecule has 4 aromatic rings. The monoisotopic (exact) mass is 418 g/mol. The lowest BCUT2D eigenvalue weighted by Crippen LogP contribution is -2.31. The van der Waals surface area contributed by atoms with Gasteiger partial charge in [-0.1, -0.05) is 18.2 Å². The third-order valence-electron chi connectivity index (χ3n) is 5.23. The predicted octanol–water partition coefficient (Wildman–Crippen LogP) is 3.69. The quantitative estimate of drug-likeness (QED) is 0.479. The van der Waals surface area contributed by atoms with Crippen molar-refractivity contribution in [2.45, 2.75) is 0 Å². The Hall–Kier alpha value is -3.58. The molecule has 7 nitrogen and oxygen atoms in total. The van der Waals surface area contributed by atoms with Gasteiger partial charge in [-0.2, -0.15) is 0 Å². The average Bonchev–Trinajstić information content (AvgIpc) is 3.16. The van der Waals surface area contributed by atoms with Crippen molar-refractivity contribution in [1.29, 1.82) is 0 Å². The standard InChI is InChI=1S/C24H26N4O3/c1-28(2)12-11-25-24(29)19-14-17-16-7-5-6-8-18(16)26-23(17)22(27-19)15-9-10-20(30-3)21(13-15)31-4/h5-10,13-14,26H,11-12H2,1-4H3,(H,25,29). The van der Waals surface area contributed by atoms with Crippen LogP contribution < -0.4 is 14.8 Å². The Bertz CT molecular complexity index is 1250. The first-order valence-corrected chi connectivity index (χ1v) is 10.1.